The maximum atomic E-state index is 13.8. The molecule has 0 saturated heterocycles. The number of nitrogens with zero attached hydrogens (tertiary/aromatic N) is 1. The van der Waals surface area contributed by atoms with Crippen LogP contribution in [-0.4, -0.2) is 17.2 Å². The van der Waals surface area contributed by atoms with Gasteiger partial charge in [-0.25, -0.2) is 9.18 Å². The smallest absolute Gasteiger partial charge is 0.431 e. The number of pyridine rings is 1. The fraction of sp³-hybridized carbons (Fsp3) is 0.375. The van der Waals surface area contributed by atoms with Crippen molar-refractivity contribution in [2.45, 2.75) is 40.2 Å². The van der Waals surface area contributed by atoms with Crippen molar-refractivity contribution in [1.29, 1.82) is 0 Å². The van der Waals surface area contributed by atoms with E-state index in [-0.39, 0.29) is 22.3 Å². The Morgan fingerprint density at radius 2 is 2.09 bits per heavy atom. The summed E-state index contributed by atoms with van der Waals surface area (Å²) in [6, 6.07) is 2.75. The first kappa shape index (κ1) is 16.5. The van der Waals surface area contributed by atoms with Crippen molar-refractivity contribution < 1.29 is 18.7 Å². The Balaban J connectivity index is 2.65. The predicted octanol–water partition coefficient (Wildman–Crippen LogP) is 4.82. The normalized spacial score (nSPS) is 11.0. The monoisotopic (exact) mass is 325 g/mol. The highest BCUT2D eigenvalue weighted by atomic mass is 35.5. The number of ether oxygens (including phenoxy) is 2. The van der Waals surface area contributed by atoms with E-state index < -0.39 is 12.0 Å². The Morgan fingerprint density at radius 3 is 2.68 bits per heavy atom. The highest BCUT2D eigenvalue weighted by Crippen LogP contribution is 2.37. The van der Waals surface area contributed by atoms with Gasteiger partial charge in [0.15, 0.2) is 0 Å². The van der Waals surface area contributed by atoms with Gasteiger partial charge in [-0.05, 0) is 39.3 Å². The number of hydrogen-bond acceptors (Lipinski definition) is 4. The predicted molar refractivity (Wildman–Crippen MR) is 83.1 cm³/mol. The zero-order valence-corrected chi connectivity index (χ0v) is 13.6. The lowest BCUT2D eigenvalue weighted by atomic mass is 10.1. The molecule has 0 amide bonds. The highest BCUT2D eigenvalue weighted by molar-refractivity contribution is 6.36. The Bertz CT molecular complexity index is 731. The minimum atomic E-state index is -0.854. The number of fused-ring (bicyclic) bond motifs is 1. The fourth-order valence-corrected chi connectivity index (χ4v) is 2.41. The van der Waals surface area contributed by atoms with Crippen molar-refractivity contribution in [3.8, 4) is 5.75 Å². The van der Waals surface area contributed by atoms with Gasteiger partial charge in [-0.15, -0.1) is 0 Å². The van der Waals surface area contributed by atoms with Gasteiger partial charge in [0.2, 0.25) is 0 Å². The summed E-state index contributed by atoms with van der Waals surface area (Å²) in [4.78, 5) is 16.3. The van der Waals surface area contributed by atoms with Crippen molar-refractivity contribution in [2.75, 3.05) is 0 Å². The number of carbonyl (C=O) groups excluding carboxylic acids is 1. The lowest BCUT2D eigenvalue weighted by molar-refractivity contribution is 0.0731. The van der Waals surface area contributed by atoms with Gasteiger partial charge in [0.1, 0.15) is 11.6 Å². The molecule has 1 aromatic carbocycles. The fourth-order valence-electron chi connectivity index (χ4n) is 2.17. The van der Waals surface area contributed by atoms with E-state index in [4.69, 9.17) is 21.1 Å². The summed E-state index contributed by atoms with van der Waals surface area (Å²) in [6.45, 7) is 7.11. The minimum Gasteiger partial charge on any atom is -0.431 e. The largest absolute Gasteiger partial charge is 0.514 e. The Hall–Kier alpha value is -1.88. The Labute approximate surface area is 133 Å². The highest BCUT2D eigenvalue weighted by Gasteiger charge is 2.20. The van der Waals surface area contributed by atoms with E-state index in [1.54, 1.807) is 20.8 Å². The molecule has 0 aliphatic rings. The third kappa shape index (κ3) is 3.14. The number of halogens is 2. The number of hydrogen-bond donors (Lipinski definition) is 0. The van der Waals surface area contributed by atoms with Crippen LogP contribution in [0, 0.1) is 12.7 Å². The van der Waals surface area contributed by atoms with Crippen LogP contribution in [0.3, 0.4) is 0 Å². The van der Waals surface area contributed by atoms with Crippen LogP contribution in [0.15, 0.2) is 12.1 Å². The molecule has 0 unspecified atom stereocenters. The standard InChI is InChI=1S/C16H17ClFNO3/c1-5-11-9(4)15(22-16(20)21-8(2)3)13-12(19-11)7-6-10(18)14(13)17/h6-8H,5H2,1-4H3. The average molecular weight is 326 g/mol. The first-order valence-corrected chi connectivity index (χ1v) is 7.38. The first-order chi connectivity index (χ1) is 10.3. The van der Waals surface area contributed by atoms with Gasteiger partial charge in [0, 0.05) is 11.3 Å². The molecular weight excluding hydrogens is 309 g/mol. The number of carbonyl (C=O) groups is 1. The third-order valence-electron chi connectivity index (χ3n) is 3.18. The van der Waals surface area contributed by atoms with Crippen LogP contribution in [0.2, 0.25) is 5.02 Å². The van der Waals surface area contributed by atoms with E-state index in [2.05, 4.69) is 4.98 Å². The van der Waals surface area contributed by atoms with Gasteiger partial charge < -0.3 is 9.47 Å². The van der Waals surface area contributed by atoms with Crippen LogP contribution < -0.4 is 4.74 Å². The van der Waals surface area contributed by atoms with Crippen LogP contribution in [0.1, 0.15) is 32.0 Å². The minimum absolute atomic E-state index is 0.122. The summed E-state index contributed by atoms with van der Waals surface area (Å²) in [5.74, 6) is -0.404. The van der Waals surface area contributed by atoms with Crippen LogP contribution in [0.5, 0.6) is 5.75 Å². The lowest BCUT2D eigenvalue weighted by Crippen LogP contribution is -2.17. The molecule has 0 aliphatic carbocycles. The van der Waals surface area contributed by atoms with Crippen LogP contribution in [0.25, 0.3) is 10.9 Å². The average Bonchev–Trinajstić information content (AvgIpc) is 2.44. The summed E-state index contributed by atoms with van der Waals surface area (Å²) < 4.78 is 24.0. The molecule has 0 radical (unpaired) electrons. The molecule has 4 nitrogen and oxygen atoms in total. The van der Waals surface area contributed by atoms with Crippen molar-refractivity contribution >= 4 is 28.7 Å². The molecule has 0 N–H and O–H groups in total. The van der Waals surface area contributed by atoms with Crippen molar-refractivity contribution in [1.82, 2.24) is 4.98 Å². The maximum Gasteiger partial charge on any atom is 0.514 e. The van der Waals surface area contributed by atoms with E-state index in [0.717, 1.165) is 5.69 Å². The molecule has 22 heavy (non-hydrogen) atoms. The second-order valence-electron chi connectivity index (χ2n) is 5.14. The second kappa shape index (κ2) is 6.48. The van der Waals surface area contributed by atoms with Gasteiger partial charge in [-0.2, -0.15) is 0 Å². The van der Waals surface area contributed by atoms with Crippen molar-refractivity contribution in [3.63, 3.8) is 0 Å². The third-order valence-corrected chi connectivity index (χ3v) is 3.55. The summed E-state index contributed by atoms with van der Waals surface area (Å²) >= 11 is 6.04. The molecule has 0 spiro atoms. The maximum absolute atomic E-state index is 13.8. The van der Waals surface area contributed by atoms with Gasteiger partial charge in [0.25, 0.3) is 0 Å². The van der Waals surface area contributed by atoms with E-state index in [1.165, 1.54) is 12.1 Å². The van der Waals surface area contributed by atoms with Crippen LogP contribution >= 0.6 is 11.6 Å². The molecule has 1 aromatic heterocycles. The zero-order chi connectivity index (χ0) is 16.4. The number of rotatable bonds is 3. The molecule has 0 saturated carbocycles. The van der Waals surface area contributed by atoms with Gasteiger partial charge in [-0.1, -0.05) is 18.5 Å². The molecule has 2 rings (SSSR count). The van der Waals surface area contributed by atoms with E-state index >= 15 is 0 Å². The lowest BCUT2D eigenvalue weighted by Gasteiger charge is -2.15. The molecule has 1 heterocycles. The molecule has 6 heteroatoms. The van der Waals surface area contributed by atoms with Crippen LogP contribution in [0.4, 0.5) is 9.18 Å². The first-order valence-electron chi connectivity index (χ1n) is 7.00. The Kier molecular flexibility index (Phi) is 4.86. The number of benzene rings is 1. The topological polar surface area (TPSA) is 48.4 Å². The molecule has 0 atom stereocenters. The SMILES string of the molecule is CCc1nc2ccc(F)c(Cl)c2c(OC(=O)OC(C)C)c1C. The molecular formula is C16H17ClFNO3. The van der Waals surface area contributed by atoms with Crippen molar-refractivity contribution in [3.05, 3.63) is 34.2 Å². The number of aryl methyl sites for hydroxylation is 1. The molecule has 0 bridgehead atoms. The molecule has 0 aliphatic heterocycles. The molecule has 118 valence electrons. The summed E-state index contributed by atoms with van der Waals surface area (Å²) in [5.41, 5.74) is 1.87. The summed E-state index contributed by atoms with van der Waals surface area (Å²) in [6.07, 6.45) is -0.529. The zero-order valence-electron chi connectivity index (χ0n) is 12.9. The molecule has 2 aromatic rings. The van der Waals surface area contributed by atoms with E-state index in [0.29, 0.717) is 17.5 Å². The van der Waals surface area contributed by atoms with E-state index in [9.17, 15) is 9.18 Å². The van der Waals surface area contributed by atoms with Crippen molar-refractivity contribution in [2.24, 2.45) is 0 Å². The van der Waals surface area contributed by atoms with E-state index in [1.807, 2.05) is 6.92 Å². The number of aromatic nitrogens is 1. The molecule has 0 fully saturated rings. The summed E-state index contributed by atoms with van der Waals surface area (Å²) in [5, 5.41) is 0.153. The van der Waals surface area contributed by atoms with Gasteiger partial charge in [-0.3, -0.25) is 4.98 Å². The van der Waals surface area contributed by atoms with Gasteiger partial charge >= 0.3 is 6.16 Å². The van der Waals surface area contributed by atoms with Crippen LogP contribution in [-0.2, 0) is 11.2 Å². The second-order valence-corrected chi connectivity index (χ2v) is 5.52. The quantitative estimate of drug-likeness (QED) is 0.759. The summed E-state index contributed by atoms with van der Waals surface area (Å²) in [7, 11) is 0. The van der Waals surface area contributed by atoms with Gasteiger partial charge in [0.05, 0.1) is 22.0 Å². The Morgan fingerprint density at radius 1 is 1.41 bits per heavy atom.